The van der Waals surface area contributed by atoms with Gasteiger partial charge in [-0.2, -0.15) is 0 Å². The van der Waals surface area contributed by atoms with Gasteiger partial charge in [-0.3, -0.25) is 14.6 Å². The SMILES string of the molecule is COC(=O)CCN1CCN(Cc2nnc(-c3cccc(F)c3)o2)C[C@H]1C. The van der Waals surface area contributed by atoms with E-state index in [2.05, 4.69) is 26.9 Å². The van der Waals surface area contributed by atoms with Gasteiger partial charge in [0.05, 0.1) is 20.1 Å². The number of carbonyl (C=O) groups is 1. The van der Waals surface area contributed by atoms with Crippen molar-refractivity contribution in [3.05, 3.63) is 36.0 Å². The summed E-state index contributed by atoms with van der Waals surface area (Å²) in [5.41, 5.74) is 0.574. The van der Waals surface area contributed by atoms with Crippen LogP contribution < -0.4 is 0 Å². The Kier molecular flexibility index (Phi) is 5.95. The summed E-state index contributed by atoms with van der Waals surface area (Å²) < 4.78 is 23.7. The molecule has 2 aromatic rings. The third-order valence-electron chi connectivity index (χ3n) is 4.58. The van der Waals surface area contributed by atoms with E-state index >= 15 is 0 Å². The lowest BCUT2D eigenvalue weighted by molar-refractivity contribution is -0.141. The zero-order valence-corrected chi connectivity index (χ0v) is 15.0. The topological polar surface area (TPSA) is 71.7 Å². The molecule has 0 radical (unpaired) electrons. The molecule has 7 nitrogen and oxygen atoms in total. The molecule has 8 heteroatoms. The normalized spacial score (nSPS) is 18.8. The molecule has 140 valence electrons. The zero-order valence-electron chi connectivity index (χ0n) is 15.0. The van der Waals surface area contributed by atoms with Gasteiger partial charge < -0.3 is 9.15 Å². The quantitative estimate of drug-likeness (QED) is 0.727. The largest absolute Gasteiger partial charge is 0.469 e. The summed E-state index contributed by atoms with van der Waals surface area (Å²) in [5.74, 6) is 0.318. The number of hydrogen-bond acceptors (Lipinski definition) is 7. The van der Waals surface area contributed by atoms with Crippen molar-refractivity contribution < 1.29 is 18.3 Å². The average Bonchev–Trinajstić information content (AvgIpc) is 3.09. The van der Waals surface area contributed by atoms with Crippen molar-refractivity contribution in [3.63, 3.8) is 0 Å². The summed E-state index contributed by atoms with van der Waals surface area (Å²) in [6.07, 6.45) is 0.404. The molecule has 0 unspecified atom stereocenters. The lowest BCUT2D eigenvalue weighted by Crippen LogP contribution is -2.51. The standard InChI is InChI=1S/C18H23FN4O3/c1-13-11-22(8-9-23(13)7-6-17(24)25-2)12-16-20-21-18(26-16)14-4-3-5-15(19)10-14/h3-5,10,13H,6-9,11-12H2,1-2H3/t13-/m1/s1. The minimum absolute atomic E-state index is 0.185. The van der Waals surface area contributed by atoms with Gasteiger partial charge in [0.15, 0.2) is 0 Å². The van der Waals surface area contributed by atoms with Gasteiger partial charge >= 0.3 is 5.97 Å². The smallest absolute Gasteiger partial charge is 0.306 e. The minimum Gasteiger partial charge on any atom is -0.469 e. The maximum atomic E-state index is 13.3. The van der Waals surface area contributed by atoms with Crippen LogP contribution in [0, 0.1) is 5.82 Å². The summed E-state index contributed by atoms with van der Waals surface area (Å²) in [5, 5.41) is 8.09. The van der Waals surface area contributed by atoms with Crippen LogP contribution in [0.5, 0.6) is 0 Å². The van der Waals surface area contributed by atoms with Gasteiger partial charge in [0.25, 0.3) is 0 Å². The van der Waals surface area contributed by atoms with E-state index in [0.29, 0.717) is 42.9 Å². The van der Waals surface area contributed by atoms with Crippen molar-refractivity contribution in [2.24, 2.45) is 0 Å². The van der Waals surface area contributed by atoms with E-state index in [0.717, 1.165) is 19.6 Å². The van der Waals surface area contributed by atoms with E-state index in [9.17, 15) is 9.18 Å². The van der Waals surface area contributed by atoms with Crippen LogP contribution in [0.2, 0.25) is 0 Å². The molecule has 3 rings (SSSR count). The number of piperazine rings is 1. The highest BCUT2D eigenvalue weighted by Crippen LogP contribution is 2.20. The molecule has 26 heavy (non-hydrogen) atoms. The number of rotatable bonds is 6. The lowest BCUT2D eigenvalue weighted by atomic mass is 10.2. The van der Waals surface area contributed by atoms with E-state index in [4.69, 9.17) is 9.15 Å². The molecule has 0 bridgehead atoms. The Hall–Kier alpha value is -2.32. The molecule has 1 atom stereocenters. The number of hydrogen-bond donors (Lipinski definition) is 0. The van der Waals surface area contributed by atoms with Crippen LogP contribution in [0.4, 0.5) is 4.39 Å². The van der Waals surface area contributed by atoms with E-state index in [-0.39, 0.29) is 11.8 Å². The van der Waals surface area contributed by atoms with Gasteiger partial charge in [0.1, 0.15) is 5.82 Å². The minimum atomic E-state index is -0.334. The fraction of sp³-hybridized carbons (Fsp3) is 0.500. The summed E-state index contributed by atoms with van der Waals surface area (Å²) in [7, 11) is 1.41. The van der Waals surface area contributed by atoms with Crippen molar-refractivity contribution in [3.8, 4) is 11.5 Å². The summed E-state index contributed by atoms with van der Waals surface area (Å²) in [6.45, 7) is 5.95. The lowest BCUT2D eigenvalue weighted by Gasteiger charge is -2.39. The summed E-state index contributed by atoms with van der Waals surface area (Å²) >= 11 is 0. The Labute approximate surface area is 151 Å². The van der Waals surface area contributed by atoms with Gasteiger partial charge in [-0.15, -0.1) is 10.2 Å². The Morgan fingerprint density at radius 2 is 2.23 bits per heavy atom. The molecule has 0 spiro atoms. The summed E-state index contributed by atoms with van der Waals surface area (Å²) in [6, 6.07) is 6.42. The second-order valence-corrected chi connectivity index (χ2v) is 6.46. The number of methoxy groups -OCH3 is 1. The van der Waals surface area contributed by atoms with Gasteiger partial charge in [0, 0.05) is 37.8 Å². The molecule has 1 saturated heterocycles. The predicted molar refractivity (Wildman–Crippen MR) is 92.6 cm³/mol. The zero-order chi connectivity index (χ0) is 18.5. The molecule has 0 aliphatic carbocycles. The predicted octanol–water partition coefficient (Wildman–Crippen LogP) is 1.94. The maximum absolute atomic E-state index is 13.3. The monoisotopic (exact) mass is 362 g/mol. The molecule has 1 aliphatic rings. The number of ether oxygens (including phenoxy) is 1. The summed E-state index contributed by atoms with van der Waals surface area (Å²) in [4.78, 5) is 15.8. The fourth-order valence-electron chi connectivity index (χ4n) is 3.13. The highest BCUT2D eigenvalue weighted by molar-refractivity contribution is 5.69. The Balaban J connectivity index is 1.54. The van der Waals surface area contributed by atoms with Crippen LogP contribution in [-0.2, 0) is 16.1 Å². The molecule has 1 aromatic heterocycles. The van der Waals surface area contributed by atoms with Gasteiger partial charge in [-0.05, 0) is 25.1 Å². The number of benzene rings is 1. The van der Waals surface area contributed by atoms with E-state index in [1.807, 2.05) is 0 Å². The number of aromatic nitrogens is 2. The molecule has 1 fully saturated rings. The van der Waals surface area contributed by atoms with Crippen LogP contribution in [-0.4, -0.2) is 65.3 Å². The van der Waals surface area contributed by atoms with Crippen molar-refractivity contribution in [2.75, 3.05) is 33.3 Å². The van der Waals surface area contributed by atoms with E-state index in [1.54, 1.807) is 12.1 Å². The van der Waals surface area contributed by atoms with Crippen molar-refractivity contribution >= 4 is 5.97 Å². The van der Waals surface area contributed by atoms with Crippen LogP contribution in [0.15, 0.2) is 28.7 Å². The van der Waals surface area contributed by atoms with Crippen LogP contribution >= 0.6 is 0 Å². The van der Waals surface area contributed by atoms with Crippen molar-refractivity contribution in [2.45, 2.75) is 25.9 Å². The first-order valence-corrected chi connectivity index (χ1v) is 8.66. The number of carbonyl (C=O) groups excluding carboxylic acids is 1. The van der Waals surface area contributed by atoms with Crippen LogP contribution in [0.25, 0.3) is 11.5 Å². The molecule has 2 heterocycles. The first-order chi connectivity index (χ1) is 12.5. The third-order valence-corrected chi connectivity index (χ3v) is 4.58. The third kappa shape index (κ3) is 4.64. The average molecular weight is 362 g/mol. The first kappa shape index (κ1) is 18.5. The number of nitrogens with zero attached hydrogens (tertiary/aromatic N) is 4. The molecule has 1 aromatic carbocycles. The fourth-order valence-corrected chi connectivity index (χ4v) is 3.13. The van der Waals surface area contributed by atoms with Crippen molar-refractivity contribution in [1.82, 2.24) is 20.0 Å². The molecular formula is C18H23FN4O3. The number of halogens is 1. The number of esters is 1. The van der Waals surface area contributed by atoms with Gasteiger partial charge in [-0.1, -0.05) is 6.07 Å². The van der Waals surface area contributed by atoms with E-state index < -0.39 is 0 Å². The Morgan fingerprint density at radius 1 is 1.38 bits per heavy atom. The Bertz CT molecular complexity index is 752. The van der Waals surface area contributed by atoms with Gasteiger partial charge in [0.2, 0.25) is 11.8 Å². The molecule has 1 aliphatic heterocycles. The first-order valence-electron chi connectivity index (χ1n) is 8.66. The molecule has 0 N–H and O–H groups in total. The Morgan fingerprint density at radius 3 is 2.96 bits per heavy atom. The second-order valence-electron chi connectivity index (χ2n) is 6.46. The van der Waals surface area contributed by atoms with Crippen LogP contribution in [0.3, 0.4) is 0 Å². The maximum Gasteiger partial charge on any atom is 0.306 e. The highest BCUT2D eigenvalue weighted by Gasteiger charge is 2.25. The van der Waals surface area contributed by atoms with E-state index in [1.165, 1.54) is 19.2 Å². The van der Waals surface area contributed by atoms with Crippen molar-refractivity contribution in [1.29, 1.82) is 0 Å². The molecule has 0 saturated carbocycles. The molecular weight excluding hydrogens is 339 g/mol. The second kappa shape index (κ2) is 8.37. The van der Waals surface area contributed by atoms with Crippen LogP contribution in [0.1, 0.15) is 19.2 Å². The highest BCUT2D eigenvalue weighted by atomic mass is 19.1. The van der Waals surface area contributed by atoms with Gasteiger partial charge in [-0.25, -0.2) is 4.39 Å². The molecule has 0 amide bonds.